The molecule has 0 saturated heterocycles. The minimum Gasteiger partial charge on any atom is -0.383 e. The summed E-state index contributed by atoms with van der Waals surface area (Å²) in [4.78, 5) is 14.6. The summed E-state index contributed by atoms with van der Waals surface area (Å²) in [6, 6.07) is 13.5. The van der Waals surface area contributed by atoms with Crippen LogP contribution in [0.4, 0.5) is 0 Å². The van der Waals surface area contributed by atoms with Crippen molar-refractivity contribution in [1.82, 2.24) is 4.90 Å². The molecule has 118 valence electrons. The van der Waals surface area contributed by atoms with E-state index in [1.165, 1.54) is 0 Å². The molecular formula is C19H17Cl2NO. The van der Waals surface area contributed by atoms with Gasteiger partial charge in [-0.15, -0.1) is 0 Å². The number of benzene rings is 2. The van der Waals surface area contributed by atoms with Crippen LogP contribution in [0, 0.1) is 0 Å². The van der Waals surface area contributed by atoms with Crippen molar-refractivity contribution in [1.29, 1.82) is 0 Å². The van der Waals surface area contributed by atoms with Gasteiger partial charge in [0.2, 0.25) is 0 Å². The third kappa shape index (κ3) is 3.15. The Bertz CT molecular complexity index is 796. The number of carbonyl (C=O) groups excluding carboxylic acids is 1. The lowest BCUT2D eigenvalue weighted by Crippen LogP contribution is -2.21. The molecule has 0 heterocycles. The van der Waals surface area contributed by atoms with Crippen molar-refractivity contribution in [3.05, 3.63) is 81.0 Å². The first-order valence-electron chi connectivity index (χ1n) is 7.43. The second-order valence-corrected chi connectivity index (χ2v) is 6.78. The minimum absolute atomic E-state index is 0.102. The Labute approximate surface area is 146 Å². The standard InChI is InChI=1S/C19H17Cl2NO/c1-22(2)11-13-9-16(12-7-8-17(20)18(21)10-12)14-5-3-4-6-15(14)19(13)23/h3-8,10-11,16H,9H2,1-2H3/b13-11+. The van der Waals surface area contributed by atoms with Gasteiger partial charge < -0.3 is 4.90 Å². The molecule has 0 amide bonds. The Balaban J connectivity index is 2.14. The Kier molecular flexibility index (Phi) is 4.47. The van der Waals surface area contributed by atoms with Gasteiger partial charge in [-0.3, -0.25) is 4.79 Å². The van der Waals surface area contributed by atoms with E-state index >= 15 is 0 Å². The average Bonchev–Trinajstić information content (AvgIpc) is 2.52. The van der Waals surface area contributed by atoms with E-state index in [9.17, 15) is 4.79 Å². The Hall–Kier alpha value is -1.77. The van der Waals surface area contributed by atoms with Gasteiger partial charge in [-0.25, -0.2) is 0 Å². The molecular weight excluding hydrogens is 329 g/mol. The Morgan fingerprint density at radius 2 is 1.83 bits per heavy atom. The van der Waals surface area contributed by atoms with E-state index in [-0.39, 0.29) is 11.7 Å². The van der Waals surface area contributed by atoms with Gasteiger partial charge in [0.1, 0.15) is 0 Å². The molecule has 2 aromatic carbocycles. The number of rotatable bonds is 2. The van der Waals surface area contributed by atoms with Gasteiger partial charge in [-0.1, -0.05) is 53.5 Å². The zero-order valence-corrected chi connectivity index (χ0v) is 14.5. The van der Waals surface area contributed by atoms with Crippen molar-refractivity contribution in [2.75, 3.05) is 14.1 Å². The van der Waals surface area contributed by atoms with E-state index in [1.807, 2.05) is 67.7 Å². The highest BCUT2D eigenvalue weighted by molar-refractivity contribution is 6.42. The van der Waals surface area contributed by atoms with Gasteiger partial charge in [0, 0.05) is 37.3 Å². The molecule has 1 aliphatic carbocycles. The van der Waals surface area contributed by atoms with Gasteiger partial charge >= 0.3 is 0 Å². The molecule has 0 spiro atoms. The zero-order chi connectivity index (χ0) is 16.6. The van der Waals surface area contributed by atoms with Crippen LogP contribution >= 0.6 is 23.2 Å². The summed E-state index contributed by atoms with van der Waals surface area (Å²) in [7, 11) is 3.85. The molecule has 1 atom stereocenters. The first-order chi connectivity index (χ1) is 11.0. The molecule has 0 aromatic heterocycles. The lowest BCUT2D eigenvalue weighted by atomic mass is 9.76. The number of fused-ring (bicyclic) bond motifs is 1. The smallest absolute Gasteiger partial charge is 0.190 e. The summed E-state index contributed by atoms with van der Waals surface area (Å²) in [6.07, 6.45) is 2.56. The molecule has 4 heteroatoms. The maximum Gasteiger partial charge on any atom is 0.190 e. The predicted octanol–water partition coefficient (Wildman–Crippen LogP) is 5.16. The highest BCUT2D eigenvalue weighted by Crippen LogP contribution is 2.40. The monoisotopic (exact) mass is 345 g/mol. The van der Waals surface area contributed by atoms with Gasteiger partial charge in [0.15, 0.2) is 5.78 Å². The van der Waals surface area contributed by atoms with Gasteiger partial charge in [-0.05, 0) is 29.7 Å². The van der Waals surface area contributed by atoms with Crippen LogP contribution in [0.15, 0.2) is 54.2 Å². The van der Waals surface area contributed by atoms with Crippen LogP contribution in [0.2, 0.25) is 10.0 Å². The highest BCUT2D eigenvalue weighted by Gasteiger charge is 2.30. The van der Waals surface area contributed by atoms with E-state index in [2.05, 4.69) is 0 Å². The molecule has 1 aliphatic rings. The van der Waals surface area contributed by atoms with Gasteiger partial charge in [-0.2, -0.15) is 0 Å². The molecule has 23 heavy (non-hydrogen) atoms. The zero-order valence-electron chi connectivity index (χ0n) is 13.0. The maximum atomic E-state index is 12.7. The molecule has 2 aromatic rings. The van der Waals surface area contributed by atoms with E-state index in [1.54, 1.807) is 0 Å². The second kappa shape index (κ2) is 6.38. The van der Waals surface area contributed by atoms with Crippen molar-refractivity contribution in [3.8, 4) is 0 Å². The van der Waals surface area contributed by atoms with Crippen molar-refractivity contribution in [2.24, 2.45) is 0 Å². The van der Waals surface area contributed by atoms with Crippen LogP contribution in [0.5, 0.6) is 0 Å². The molecule has 0 N–H and O–H groups in total. The van der Waals surface area contributed by atoms with Crippen LogP contribution in [0.1, 0.15) is 33.8 Å². The van der Waals surface area contributed by atoms with Crippen LogP contribution in [-0.4, -0.2) is 24.8 Å². The summed E-state index contributed by atoms with van der Waals surface area (Å²) in [5, 5.41) is 1.08. The lowest BCUT2D eigenvalue weighted by molar-refractivity contribution is 0.102. The summed E-state index contributed by atoms with van der Waals surface area (Å²) in [6.45, 7) is 0. The molecule has 0 radical (unpaired) electrons. The number of ketones is 1. The van der Waals surface area contributed by atoms with Crippen LogP contribution in [0.25, 0.3) is 0 Å². The van der Waals surface area contributed by atoms with Crippen LogP contribution < -0.4 is 0 Å². The topological polar surface area (TPSA) is 20.3 Å². The Morgan fingerprint density at radius 3 is 2.52 bits per heavy atom. The summed E-state index contributed by atoms with van der Waals surface area (Å²) >= 11 is 12.2. The molecule has 2 nitrogen and oxygen atoms in total. The van der Waals surface area contributed by atoms with Crippen molar-refractivity contribution >= 4 is 29.0 Å². The molecule has 0 saturated carbocycles. The van der Waals surface area contributed by atoms with Gasteiger partial charge in [0.05, 0.1) is 10.0 Å². The van der Waals surface area contributed by atoms with Crippen LogP contribution in [-0.2, 0) is 0 Å². The molecule has 1 unspecified atom stereocenters. The minimum atomic E-state index is 0.102. The summed E-state index contributed by atoms with van der Waals surface area (Å²) in [5.74, 6) is 0.204. The van der Waals surface area contributed by atoms with E-state index in [0.717, 1.165) is 22.3 Å². The Morgan fingerprint density at radius 1 is 1.09 bits per heavy atom. The molecule has 0 fully saturated rings. The number of carbonyl (C=O) groups is 1. The first kappa shape index (κ1) is 16.1. The number of nitrogens with zero attached hydrogens (tertiary/aromatic N) is 1. The number of hydrogen-bond acceptors (Lipinski definition) is 2. The van der Waals surface area contributed by atoms with Crippen LogP contribution in [0.3, 0.4) is 0 Å². The number of hydrogen-bond donors (Lipinski definition) is 0. The number of Topliss-reactive ketones (excluding diaryl/α,β-unsaturated/α-hetero) is 1. The van der Waals surface area contributed by atoms with E-state index < -0.39 is 0 Å². The third-order valence-electron chi connectivity index (χ3n) is 4.06. The number of halogens is 2. The third-order valence-corrected chi connectivity index (χ3v) is 4.80. The predicted molar refractivity (Wildman–Crippen MR) is 95.5 cm³/mol. The lowest BCUT2D eigenvalue weighted by Gasteiger charge is -2.28. The molecule has 0 aliphatic heterocycles. The van der Waals surface area contributed by atoms with Gasteiger partial charge in [0.25, 0.3) is 0 Å². The van der Waals surface area contributed by atoms with Crippen molar-refractivity contribution in [2.45, 2.75) is 12.3 Å². The second-order valence-electron chi connectivity index (χ2n) is 5.96. The van der Waals surface area contributed by atoms with Crippen molar-refractivity contribution < 1.29 is 4.79 Å². The quantitative estimate of drug-likeness (QED) is 0.701. The normalized spacial score (nSPS) is 18.9. The largest absolute Gasteiger partial charge is 0.383 e. The maximum absolute atomic E-state index is 12.7. The van der Waals surface area contributed by atoms with E-state index in [0.29, 0.717) is 16.5 Å². The number of allylic oxidation sites excluding steroid dienone is 1. The fourth-order valence-electron chi connectivity index (χ4n) is 3.05. The molecule has 0 bridgehead atoms. The van der Waals surface area contributed by atoms with Crippen molar-refractivity contribution in [3.63, 3.8) is 0 Å². The van der Waals surface area contributed by atoms with E-state index in [4.69, 9.17) is 23.2 Å². The SMILES string of the molecule is CN(C)/C=C1\CC(c2ccc(Cl)c(Cl)c2)c2ccccc2C1=O. The fraction of sp³-hybridized carbons (Fsp3) is 0.211. The highest BCUT2D eigenvalue weighted by atomic mass is 35.5. The summed E-state index contributed by atoms with van der Waals surface area (Å²) in [5.41, 5.74) is 3.70. The first-order valence-corrected chi connectivity index (χ1v) is 8.18. The average molecular weight is 346 g/mol. The summed E-state index contributed by atoms with van der Waals surface area (Å²) < 4.78 is 0. The molecule has 3 rings (SSSR count). The fourth-order valence-corrected chi connectivity index (χ4v) is 3.36.